The molecule has 150 valence electrons. The van der Waals surface area contributed by atoms with Crippen molar-refractivity contribution >= 4 is 5.96 Å². The van der Waals surface area contributed by atoms with Crippen molar-refractivity contribution in [2.75, 3.05) is 39.5 Å². The van der Waals surface area contributed by atoms with E-state index >= 15 is 0 Å². The van der Waals surface area contributed by atoms with Crippen molar-refractivity contribution in [2.24, 2.45) is 16.6 Å². The zero-order chi connectivity index (χ0) is 19.1. The molecule has 2 atom stereocenters. The van der Waals surface area contributed by atoms with Gasteiger partial charge in [-0.2, -0.15) is 0 Å². The van der Waals surface area contributed by atoms with Crippen molar-refractivity contribution in [3.63, 3.8) is 0 Å². The number of rotatable bonds is 7. The molecular weight excluding hydrogens is 340 g/mol. The number of ether oxygens (including phenoxy) is 2. The van der Waals surface area contributed by atoms with Crippen molar-refractivity contribution in [1.29, 1.82) is 0 Å². The first-order chi connectivity index (χ1) is 13.2. The van der Waals surface area contributed by atoms with Gasteiger partial charge in [-0.1, -0.05) is 44.9 Å². The Labute approximate surface area is 163 Å². The number of morpholine rings is 1. The molecule has 0 amide bonds. The first-order valence-electron chi connectivity index (χ1n) is 10.3. The second-order valence-electron chi connectivity index (χ2n) is 7.39. The predicted molar refractivity (Wildman–Crippen MR) is 109 cm³/mol. The van der Waals surface area contributed by atoms with Crippen molar-refractivity contribution in [2.45, 2.75) is 45.2 Å². The Kier molecular flexibility index (Phi) is 7.35. The van der Waals surface area contributed by atoms with Crippen molar-refractivity contribution in [3.8, 4) is 5.75 Å². The molecular formula is C21H34N4O2. The van der Waals surface area contributed by atoms with E-state index in [4.69, 9.17) is 20.2 Å². The average Bonchev–Trinajstić information content (AvgIpc) is 2.72. The number of hydrogen-bond donors (Lipinski definition) is 2. The molecule has 0 bridgehead atoms. The van der Waals surface area contributed by atoms with Gasteiger partial charge < -0.3 is 20.5 Å². The van der Waals surface area contributed by atoms with Crippen LogP contribution in [0.25, 0.3) is 0 Å². The van der Waals surface area contributed by atoms with Crippen molar-refractivity contribution in [3.05, 3.63) is 29.8 Å². The van der Waals surface area contributed by atoms with E-state index in [1.807, 2.05) is 18.2 Å². The van der Waals surface area contributed by atoms with Crippen molar-refractivity contribution in [1.82, 2.24) is 10.2 Å². The van der Waals surface area contributed by atoms with Gasteiger partial charge in [0.05, 0.1) is 32.4 Å². The molecule has 0 spiro atoms. The number of guanidine groups is 1. The molecule has 2 unspecified atom stereocenters. The van der Waals surface area contributed by atoms with Crippen LogP contribution < -0.4 is 15.8 Å². The lowest BCUT2D eigenvalue weighted by Crippen LogP contribution is -2.49. The molecule has 6 nitrogen and oxygen atoms in total. The van der Waals surface area contributed by atoms with Crippen LogP contribution in [0.1, 0.15) is 44.7 Å². The quantitative estimate of drug-likeness (QED) is 0.567. The SMILES string of the molecule is CCC(CC)C(CN=C(N)NC1CCOc2ccccc21)N1CCOCC1. The summed E-state index contributed by atoms with van der Waals surface area (Å²) >= 11 is 0. The number of nitrogens with zero attached hydrogens (tertiary/aromatic N) is 2. The van der Waals surface area contributed by atoms with Gasteiger partial charge in [-0.15, -0.1) is 0 Å². The molecule has 0 aliphatic carbocycles. The van der Waals surface area contributed by atoms with Crippen LogP contribution in [0.4, 0.5) is 0 Å². The maximum Gasteiger partial charge on any atom is 0.189 e. The first-order valence-corrected chi connectivity index (χ1v) is 10.3. The van der Waals surface area contributed by atoms with Crippen LogP contribution in [-0.4, -0.2) is 56.4 Å². The van der Waals surface area contributed by atoms with Gasteiger partial charge in [-0.25, -0.2) is 0 Å². The summed E-state index contributed by atoms with van der Waals surface area (Å²) in [6.07, 6.45) is 3.22. The number of para-hydroxylation sites is 1. The highest BCUT2D eigenvalue weighted by Crippen LogP contribution is 2.31. The van der Waals surface area contributed by atoms with E-state index in [2.05, 4.69) is 30.1 Å². The maximum atomic E-state index is 6.28. The molecule has 1 aromatic carbocycles. The van der Waals surface area contributed by atoms with Gasteiger partial charge in [0, 0.05) is 31.1 Å². The van der Waals surface area contributed by atoms with Crippen LogP contribution in [0.2, 0.25) is 0 Å². The molecule has 6 heteroatoms. The molecule has 0 radical (unpaired) electrons. The maximum absolute atomic E-state index is 6.28. The topological polar surface area (TPSA) is 72.1 Å². The van der Waals surface area contributed by atoms with E-state index in [0.29, 0.717) is 24.5 Å². The number of aliphatic imine (C=N–C) groups is 1. The smallest absolute Gasteiger partial charge is 0.189 e. The summed E-state index contributed by atoms with van der Waals surface area (Å²) in [5, 5.41) is 3.41. The zero-order valence-corrected chi connectivity index (χ0v) is 16.7. The lowest BCUT2D eigenvalue weighted by molar-refractivity contribution is 0.00396. The van der Waals surface area contributed by atoms with E-state index in [0.717, 1.165) is 63.4 Å². The van der Waals surface area contributed by atoms with Gasteiger partial charge in [-0.05, 0) is 12.0 Å². The highest BCUT2D eigenvalue weighted by atomic mass is 16.5. The molecule has 1 fully saturated rings. The Hall–Kier alpha value is -1.79. The standard InChI is InChI=1S/C21H34N4O2/c1-3-16(4-2)19(25-10-13-26-14-11-25)15-23-21(22)24-18-9-12-27-20-8-6-5-7-17(18)20/h5-8,16,18-19H,3-4,9-15H2,1-2H3,(H3,22,23,24). The lowest BCUT2D eigenvalue weighted by Gasteiger charge is -2.38. The summed E-state index contributed by atoms with van der Waals surface area (Å²) in [7, 11) is 0. The molecule has 2 aliphatic heterocycles. The number of fused-ring (bicyclic) bond motifs is 1. The summed E-state index contributed by atoms with van der Waals surface area (Å²) < 4.78 is 11.3. The average molecular weight is 375 g/mol. The molecule has 2 aliphatic rings. The van der Waals surface area contributed by atoms with E-state index < -0.39 is 0 Å². The summed E-state index contributed by atoms with van der Waals surface area (Å²) in [4.78, 5) is 7.27. The summed E-state index contributed by atoms with van der Waals surface area (Å²) in [6.45, 7) is 9.56. The molecule has 3 N–H and O–H groups in total. The lowest BCUT2D eigenvalue weighted by atomic mass is 9.92. The second kappa shape index (κ2) is 9.95. The van der Waals surface area contributed by atoms with Gasteiger partial charge in [0.2, 0.25) is 0 Å². The largest absolute Gasteiger partial charge is 0.493 e. The normalized spacial score (nSPS) is 22.2. The van der Waals surface area contributed by atoms with Gasteiger partial charge in [0.1, 0.15) is 5.75 Å². The van der Waals surface area contributed by atoms with Crippen molar-refractivity contribution < 1.29 is 9.47 Å². The molecule has 2 heterocycles. The highest BCUT2D eigenvalue weighted by Gasteiger charge is 2.27. The Bertz CT molecular complexity index is 612. The third-order valence-electron chi connectivity index (χ3n) is 5.84. The second-order valence-corrected chi connectivity index (χ2v) is 7.39. The van der Waals surface area contributed by atoms with Gasteiger partial charge in [0.25, 0.3) is 0 Å². The first kappa shape index (κ1) is 20.0. The van der Waals surface area contributed by atoms with Crippen LogP contribution in [-0.2, 0) is 4.74 Å². The minimum absolute atomic E-state index is 0.161. The minimum Gasteiger partial charge on any atom is -0.493 e. The number of nitrogens with one attached hydrogen (secondary N) is 1. The molecule has 0 aromatic heterocycles. The fourth-order valence-electron chi connectivity index (χ4n) is 4.21. The highest BCUT2D eigenvalue weighted by molar-refractivity contribution is 5.78. The number of nitrogens with two attached hydrogens (primary N) is 1. The number of benzene rings is 1. The molecule has 1 saturated heterocycles. The third-order valence-corrected chi connectivity index (χ3v) is 5.84. The van der Waals surface area contributed by atoms with E-state index in [1.54, 1.807) is 0 Å². The Morgan fingerprint density at radius 2 is 1.96 bits per heavy atom. The van der Waals surface area contributed by atoms with E-state index in [9.17, 15) is 0 Å². The van der Waals surface area contributed by atoms with Crippen LogP contribution in [0.5, 0.6) is 5.75 Å². The molecule has 0 saturated carbocycles. The van der Waals surface area contributed by atoms with Crippen LogP contribution >= 0.6 is 0 Å². The minimum atomic E-state index is 0.161. The van der Waals surface area contributed by atoms with Crippen LogP contribution in [0.15, 0.2) is 29.3 Å². The summed E-state index contributed by atoms with van der Waals surface area (Å²) in [5.41, 5.74) is 7.44. The Morgan fingerprint density at radius 1 is 1.22 bits per heavy atom. The van der Waals surface area contributed by atoms with Gasteiger partial charge in [-0.3, -0.25) is 9.89 Å². The van der Waals surface area contributed by atoms with E-state index in [-0.39, 0.29) is 6.04 Å². The monoisotopic (exact) mass is 374 g/mol. The molecule has 1 aromatic rings. The predicted octanol–water partition coefficient (Wildman–Crippen LogP) is 2.55. The van der Waals surface area contributed by atoms with Crippen LogP contribution in [0.3, 0.4) is 0 Å². The Balaban J connectivity index is 1.65. The summed E-state index contributed by atoms with van der Waals surface area (Å²) in [5.74, 6) is 2.10. The Morgan fingerprint density at radius 3 is 2.70 bits per heavy atom. The van der Waals surface area contributed by atoms with E-state index in [1.165, 1.54) is 0 Å². The summed E-state index contributed by atoms with van der Waals surface area (Å²) in [6, 6.07) is 8.73. The number of hydrogen-bond acceptors (Lipinski definition) is 4. The fraction of sp³-hybridized carbons (Fsp3) is 0.667. The van der Waals surface area contributed by atoms with Gasteiger partial charge >= 0.3 is 0 Å². The third kappa shape index (κ3) is 5.14. The van der Waals surface area contributed by atoms with Gasteiger partial charge in [0.15, 0.2) is 5.96 Å². The molecule has 27 heavy (non-hydrogen) atoms. The van der Waals surface area contributed by atoms with Crippen LogP contribution in [0, 0.1) is 5.92 Å². The molecule has 3 rings (SSSR count). The zero-order valence-electron chi connectivity index (χ0n) is 16.7. The fourth-order valence-corrected chi connectivity index (χ4v) is 4.21.